The van der Waals surface area contributed by atoms with Gasteiger partial charge in [-0.2, -0.15) is 0 Å². The Morgan fingerprint density at radius 2 is 2.15 bits per heavy atom. The molecule has 20 heavy (non-hydrogen) atoms. The SMILES string of the molecule is CNc1cc(C)ncc1C(=O)N(C)Cc1ccccn1. The third-order valence-corrected chi connectivity index (χ3v) is 3.01. The Morgan fingerprint density at radius 3 is 2.80 bits per heavy atom. The first-order chi connectivity index (χ1) is 9.61. The summed E-state index contributed by atoms with van der Waals surface area (Å²) in [5, 5.41) is 3.03. The summed E-state index contributed by atoms with van der Waals surface area (Å²) >= 11 is 0. The Hall–Kier alpha value is -2.43. The Bertz CT molecular complexity index is 598. The molecule has 2 heterocycles. The number of hydrogen-bond donors (Lipinski definition) is 1. The van der Waals surface area contributed by atoms with E-state index in [1.807, 2.05) is 31.2 Å². The summed E-state index contributed by atoms with van der Waals surface area (Å²) in [5.41, 5.74) is 3.08. The number of carbonyl (C=O) groups excluding carboxylic acids is 1. The van der Waals surface area contributed by atoms with E-state index in [1.165, 1.54) is 0 Å². The molecule has 0 aliphatic heterocycles. The standard InChI is InChI=1S/C15H18N4O/c1-11-8-14(16-2)13(9-18-11)15(20)19(3)10-12-6-4-5-7-17-12/h4-9H,10H2,1-3H3,(H,16,18). The highest BCUT2D eigenvalue weighted by atomic mass is 16.2. The van der Waals surface area contributed by atoms with Crippen LogP contribution in [0.5, 0.6) is 0 Å². The van der Waals surface area contributed by atoms with Crippen molar-refractivity contribution in [3.63, 3.8) is 0 Å². The van der Waals surface area contributed by atoms with Crippen LogP contribution in [0.2, 0.25) is 0 Å². The number of rotatable bonds is 4. The number of pyridine rings is 2. The number of amides is 1. The van der Waals surface area contributed by atoms with Gasteiger partial charge in [0.2, 0.25) is 0 Å². The summed E-state index contributed by atoms with van der Waals surface area (Å²) in [6.45, 7) is 2.36. The molecule has 0 bridgehead atoms. The average Bonchev–Trinajstić information content (AvgIpc) is 2.47. The van der Waals surface area contributed by atoms with E-state index in [9.17, 15) is 4.79 Å². The zero-order valence-electron chi connectivity index (χ0n) is 11.9. The first-order valence-corrected chi connectivity index (χ1v) is 6.41. The number of aromatic nitrogens is 2. The molecule has 2 aromatic heterocycles. The van der Waals surface area contributed by atoms with E-state index in [-0.39, 0.29) is 5.91 Å². The van der Waals surface area contributed by atoms with Crippen LogP contribution in [-0.4, -0.2) is 34.9 Å². The van der Waals surface area contributed by atoms with Crippen LogP contribution in [0.15, 0.2) is 36.7 Å². The quantitative estimate of drug-likeness (QED) is 0.924. The summed E-state index contributed by atoms with van der Waals surface area (Å²) in [5.74, 6) is -0.0764. The minimum atomic E-state index is -0.0764. The van der Waals surface area contributed by atoms with Gasteiger partial charge in [-0.25, -0.2) is 0 Å². The van der Waals surface area contributed by atoms with Crippen molar-refractivity contribution in [3.8, 4) is 0 Å². The van der Waals surface area contributed by atoms with E-state index >= 15 is 0 Å². The highest BCUT2D eigenvalue weighted by Crippen LogP contribution is 2.17. The summed E-state index contributed by atoms with van der Waals surface area (Å²) in [7, 11) is 3.56. The molecule has 0 fully saturated rings. The lowest BCUT2D eigenvalue weighted by atomic mass is 10.2. The number of anilines is 1. The molecule has 0 unspecified atom stereocenters. The molecule has 0 spiro atoms. The maximum Gasteiger partial charge on any atom is 0.257 e. The summed E-state index contributed by atoms with van der Waals surface area (Å²) in [4.78, 5) is 22.5. The van der Waals surface area contributed by atoms with Crippen molar-refractivity contribution < 1.29 is 4.79 Å². The van der Waals surface area contributed by atoms with E-state index in [2.05, 4.69) is 15.3 Å². The van der Waals surface area contributed by atoms with Crippen LogP contribution >= 0.6 is 0 Å². The summed E-state index contributed by atoms with van der Waals surface area (Å²) < 4.78 is 0. The van der Waals surface area contributed by atoms with E-state index in [0.29, 0.717) is 12.1 Å². The van der Waals surface area contributed by atoms with Crippen LogP contribution in [0.1, 0.15) is 21.7 Å². The lowest BCUT2D eigenvalue weighted by Gasteiger charge is -2.18. The van der Waals surface area contributed by atoms with Crippen LogP contribution < -0.4 is 5.32 Å². The molecule has 1 N–H and O–H groups in total. The predicted octanol–water partition coefficient (Wildman–Crippen LogP) is 2.10. The molecular weight excluding hydrogens is 252 g/mol. The minimum absolute atomic E-state index is 0.0764. The Balaban J connectivity index is 2.18. The zero-order chi connectivity index (χ0) is 14.5. The Kier molecular flexibility index (Phi) is 4.30. The van der Waals surface area contributed by atoms with Gasteiger partial charge in [-0.3, -0.25) is 14.8 Å². The zero-order valence-corrected chi connectivity index (χ0v) is 11.9. The molecule has 0 saturated heterocycles. The molecule has 0 aromatic carbocycles. The molecule has 104 valence electrons. The Morgan fingerprint density at radius 1 is 1.35 bits per heavy atom. The number of aryl methyl sites for hydroxylation is 1. The molecule has 2 aromatic rings. The van der Waals surface area contributed by atoms with Crippen molar-refractivity contribution in [2.45, 2.75) is 13.5 Å². The number of carbonyl (C=O) groups is 1. The van der Waals surface area contributed by atoms with Gasteiger partial charge < -0.3 is 10.2 Å². The summed E-state index contributed by atoms with van der Waals surface area (Å²) in [6, 6.07) is 7.53. The molecule has 0 radical (unpaired) electrons. The topological polar surface area (TPSA) is 58.1 Å². The lowest BCUT2D eigenvalue weighted by molar-refractivity contribution is 0.0784. The minimum Gasteiger partial charge on any atom is -0.387 e. The van der Waals surface area contributed by atoms with Gasteiger partial charge in [-0.15, -0.1) is 0 Å². The predicted molar refractivity (Wildman–Crippen MR) is 78.6 cm³/mol. The van der Waals surface area contributed by atoms with Crippen molar-refractivity contribution >= 4 is 11.6 Å². The molecule has 0 atom stereocenters. The van der Waals surface area contributed by atoms with Crippen molar-refractivity contribution in [2.75, 3.05) is 19.4 Å². The average molecular weight is 270 g/mol. The third kappa shape index (κ3) is 3.12. The van der Waals surface area contributed by atoms with Gasteiger partial charge in [0, 0.05) is 32.2 Å². The molecule has 5 nitrogen and oxygen atoms in total. The highest BCUT2D eigenvalue weighted by Gasteiger charge is 2.16. The fourth-order valence-electron chi connectivity index (χ4n) is 1.95. The normalized spacial score (nSPS) is 10.2. The van der Waals surface area contributed by atoms with Crippen LogP contribution in [-0.2, 0) is 6.54 Å². The lowest BCUT2D eigenvalue weighted by Crippen LogP contribution is -2.27. The van der Waals surface area contributed by atoms with Crippen LogP contribution in [0.3, 0.4) is 0 Å². The largest absolute Gasteiger partial charge is 0.387 e. The number of hydrogen-bond acceptors (Lipinski definition) is 4. The van der Waals surface area contributed by atoms with E-state index < -0.39 is 0 Å². The van der Waals surface area contributed by atoms with Gasteiger partial charge >= 0.3 is 0 Å². The van der Waals surface area contributed by atoms with Crippen molar-refractivity contribution in [2.24, 2.45) is 0 Å². The maximum absolute atomic E-state index is 12.5. The van der Waals surface area contributed by atoms with Crippen molar-refractivity contribution in [3.05, 3.63) is 53.6 Å². The van der Waals surface area contributed by atoms with Gasteiger partial charge in [0.25, 0.3) is 5.91 Å². The van der Waals surface area contributed by atoms with E-state index in [0.717, 1.165) is 17.1 Å². The van der Waals surface area contributed by atoms with Gasteiger partial charge in [-0.1, -0.05) is 6.07 Å². The molecule has 2 rings (SSSR count). The highest BCUT2D eigenvalue weighted by molar-refractivity contribution is 5.99. The van der Waals surface area contributed by atoms with Crippen molar-refractivity contribution in [1.82, 2.24) is 14.9 Å². The van der Waals surface area contributed by atoms with Gasteiger partial charge in [0.05, 0.1) is 23.5 Å². The van der Waals surface area contributed by atoms with Crippen LogP contribution in [0.4, 0.5) is 5.69 Å². The van der Waals surface area contributed by atoms with Gasteiger partial charge in [0.1, 0.15) is 0 Å². The second-order valence-corrected chi connectivity index (χ2v) is 4.60. The summed E-state index contributed by atoms with van der Waals surface area (Å²) in [6.07, 6.45) is 3.33. The maximum atomic E-state index is 12.5. The first-order valence-electron chi connectivity index (χ1n) is 6.41. The molecule has 0 aliphatic rings. The molecule has 0 saturated carbocycles. The third-order valence-electron chi connectivity index (χ3n) is 3.01. The fourth-order valence-corrected chi connectivity index (χ4v) is 1.95. The molecular formula is C15H18N4O. The smallest absolute Gasteiger partial charge is 0.257 e. The first kappa shape index (κ1) is 14.0. The van der Waals surface area contributed by atoms with Gasteiger partial charge in [0.15, 0.2) is 0 Å². The number of nitrogens with zero attached hydrogens (tertiary/aromatic N) is 3. The Labute approximate surface area is 118 Å². The second kappa shape index (κ2) is 6.14. The monoisotopic (exact) mass is 270 g/mol. The van der Waals surface area contributed by atoms with E-state index in [4.69, 9.17) is 0 Å². The van der Waals surface area contributed by atoms with Crippen LogP contribution in [0, 0.1) is 6.92 Å². The van der Waals surface area contributed by atoms with E-state index in [1.54, 1.807) is 31.4 Å². The number of nitrogens with one attached hydrogen (secondary N) is 1. The van der Waals surface area contributed by atoms with Crippen LogP contribution in [0.25, 0.3) is 0 Å². The fraction of sp³-hybridized carbons (Fsp3) is 0.267. The molecule has 5 heteroatoms. The molecule has 1 amide bonds. The second-order valence-electron chi connectivity index (χ2n) is 4.60. The van der Waals surface area contributed by atoms with Crippen molar-refractivity contribution in [1.29, 1.82) is 0 Å². The van der Waals surface area contributed by atoms with Gasteiger partial charge in [-0.05, 0) is 25.1 Å². The molecule has 0 aliphatic carbocycles.